The second-order valence-corrected chi connectivity index (χ2v) is 8.17. The predicted molar refractivity (Wildman–Crippen MR) is 95.8 cm³/mol. The maximum atomic E-state index is 12.8. The maximum Gasteiger partial charge on any atom is 0.322 e. The molecule has 1 N–H and O–H groups in total. The average molecular weight is 379 g/mol. The number of hydrogen-bond donors (Lipinski definition) is 1. The van der Waals surface area contributed by atoms with Crippen LogP contribution in [0.2, 0.25) is 0 Å². The normalized spacial score (nSPS) is 19.2. The van der Waals surface area contributed by atoms with Gasteiger partial charge in [-0.15, -0.1) is 0 Å². The quantitative estimate of drug-likeness (QED) is 0.858. The van der Waals surface area contributed by atoms with Crippen LogP contribution in [0.5, 0.6) is 5.88 Å². The number of urea groups is 1. The molecule has 1 atom stereocenters. The highest BCUT2D eigenvalue weighted by atomic mass is 32.2. The Morgan fingerprint density at radius 3 is 2.96 bits per heavy atom. The molecular formula is C16H21N5O4S. The number of anilines is 1. The first-order valence-corrected chi connectivity index (χ1v) is 10.0. The summed E-state index contributed by atoms with van der Waals surface area (Å²) in [7, 11) is -1.76. The van der Waals surface area contributed by atoms with Crippen LogP contribution < -0.4 is 10.1 Å². The minimum absolute atomic E-state index is 0.0665. The maximum absolute atomic E-state index is 12.8. The van der Waals surface area contributed by atoms with Crippen molar-refractivity contribution in [3.8, 4) is 5.88 Å². The van der Waals surface area contributed by atoms with Crippen LogP contribution in [-0.2, 0) is 16.4 Å². The van der Waals surface area contributed by atoms with E-state index in [2.05, 4.69) is 15.4 Å². The molecule has 10 heteroatoms. The molecule has 0 saturated carbocycles. The molecule has 140 valence electrons. The number of carbonyl (C=O) groups is 1. The summed E-state index contributed by atoms with van der Waals surface area (Å²) in [6, 6.07) is 2.37. The monoisotopic (exact) mass is 379 g/mol. The Kier molecular flexibility index (Phi) is 5.12. The lowest BCUT2D eigenvalue weighted by Crippen LogP contribution is -2.47. The number of amides is 2. The summed E-state index contributed by atoms with van der Waals surface area (Å²) in [5.74, 6) is 0.101. The lowest BCUT2D eigenvalue weighted by molar-refractivity contribution is 0.194. The molecule has 3 heterocycles. The van der Waals surface area contributed by atoms with Gasteiger partial charge in [-0.25, -0.2) is 18.2 Å². The van der Waals surface area contributed by atoms with E-state index < -0.39 is 21.9 Å². The van der Waals surface area contributed by atoms with Gasteiger partial charge in [0.25, 0.3) is 0 Å². The number of methoxy groups -OCH3 is 1. The Bertz CT molecular complexity index is 896. The topological polar surface area (TPSA) is 106 Å². The van der Waals surface area contributed by atoms with Crippen LogP contribution in [0.3, 0.4) is 0 Å². The highest BCUT2D eigenvalue weighted by Gasteiger charge is 2.36. The van der Waals surface area contributed by atoms with Crippen molar-refractivity contribution in [2.45, 2.75) is 19.5 Å². The van der Waals surface area contributed by atoms with Crippen molar-refractivity contribution in [2.75, 3.05) is 30.5 Å². The SMILES string of the molecule is CCn1cc([C@H]2CS(=O)(=O)CCN2C(=O)Nc2cccnc2OC)cn1. The Morgan fingerprint density at radius 1 is 1.46 bits per heavy atom. The number of rotatable bonds is 4. The van der Waals surface area contributed by atoms with Gasteiger partial charge in [0, 0.05) is 31.0 Å². The van der Waals surface area contributed by atoms with Gasteiger partial charge in [-0.3, -0.25) is 4.68 Å². The average Bonchev–Trinajstić information content (AvgIpc) is 3.10. The van der Waals surface area contributed by atoms with Crippen LogP contribution in [0.15, 0.2) is 30.7 Å². The van der Waals surface area contributed by atoms with E-state index in [9.17, 15) is 13.2 Å². The van der Waals surface area contributed by atoms with Crippen LogP contribution in [0.25, 0.3) is 0 Å². The first-order valence-electron chi connectivity index (χ1n) is 8.23. The van der Waals surface area contributed by atoms with Gasteiger partial charge in [0.2, 0.25) is 5.88 Å². The van der Waals surface area contributed by atoms with E-state index in [4.69, 9.17) is 4.74 Å². The number of aromatic nitrogens is 3. The van der Waals surface area contributed by atoms with Gasteiger partial charge in [-0.2, -0.15) is 5.10 Å². The summed E-state index contributed by atoms with van der Waals surface area (Å²) in [4.78, 5) is 18.4. The van der Waals surface area contributed by atoms with Gasteiger partial charge in [0.1, 0.15) is 5.69 Å². The van der Waals surface area contributed by atoms with E-state index in [0.717, 1.165) is 0 Å². The van der Waals surface area contributed by atoms with E-state index in [1.165, 1.54) is 12.0 Å². The van der Waals surface area contributed by atoms with Crippen molar-refractivity contribution >= 4 is 21.6 Å². The number of nitrogens with zero attached hydrogens (tertiary/aromatic N) is 4. The number of carbonyl (C=O) groups excluding carboxylic acids is 1. The van der Waals surface area contributed by atoms with Gasteiger partial charge in [0.15, 0.2) is 9.84 Å². The van der Waals surface area contributed by atoms with Gasteiger partial charge in [-0.05, 0) is 19.1 Å². The third kappa shape index (κ3) is 3.79. The fraction of sp³-hybridized carbons (Fsp3) is 0.438. The van der Waals surface area contributed by atoms with E-state index in [1.54, 1.807) is 35.4 Å². The van der Waals surface area contributed by atoms with Crippen LogP contribution in [0, 0.1) is 0 Å². The molecule has 0 aliphatic carbocycles. The van der Waals surface area contributed by atoms with Crippen molar-refractivity contribution < 1.29 is 17.9 Å². The zero-order valence-corrected chi connectivity index (χ0v) is 15.4. The number of sulfone groups is 1. The van der Waals surface area contributed by atoms with Crippen molar-refractivity contribution in [1.82, 2.24) is 19.7 Å². The summed E-state index contributed by atoms with van der Waals surface area (Å²) < 4.78 is 31.1. The molecule has 0 unspecified atom stereocenters. The molecule has 2 amide bonds. The van der Waals surface area contributed by atoms with Crippen LogP contribution in [0.4, 0.5) is 10.5 Å². The summed E-state index contributed by atoms with van der Waals surface area (Å²) in [5, 5.41) is 6.95. The predicted octanol–water partition coefficient (Wildman–Crippen LogP) is 1.31. The molecular weight excluding hydrogens is 358 g/mol. The smallest absolute Gasteiger partial charge is 0.322 e. The van der Waals surface area contributed by atoms with Crippen molar-refractivity contribution in [2.24, 2.45) is 0 Å². The second kappa shape index (κ2) is 7.32. The fourth-order valence-corrected chi connectivity index (χ4v) is 4.38. The van der Waals surface area contributed by atoms with E-state index in [1.807, 2.05) is 6.92 Å². The minimum atomic E-state index is -3.23. The zero-order chi connectivity index (χ0) is 18.7. The Hall–Kier alpha value is -2.62. The molecule has 26 heavy (non-hydrogen) atoms. The highest BCUT2D eigenvalue weighted by Crippen LogP contribution is 2.28. The lowest BCUT2D eigenvalue weighted by Gasteiger charge is -2.35. The molecule has 0 bridgehead atoms. The third-order valence-corrected chi connectivity index (χ3v) is 5.89. The van der Waals surface area contributed by atoms with Crippen LogP contribution in [0.1, 0.15) is 18.5 Å². The fourth-order valence-electron chi connectivity index (χ4n) is 2.89. The molecule has 0 spiro atoms. The molecule has 2 aromatic rings. The largest absolute Gasteiger partial charge is 0.480 e. The lowest BCUT2D eigenvalue weighted by atomic mass is 10.1. The van der Waals surface area contributed by atoms with Crippen molar-refractivity contribution in [3.05, 3.63) is 36.3 Å². The van der Waals surface area contributed by atoms with Gasteiger partial charge < -0.3 is 15.0 Å². The molecule has 0 aromatic carbocycles. The number of ether oxygens (including phenoxy) is 1. The number of nitrogens with one attached hydrogen (secondary N) is 1. The molecule has 2 aromatic heterocycles. The zero-order valence-electron chi connectivity index (χ0n) is 14.6. The molecule has 3 rings (SSSR count). The van der Waals surface area contributed by atoms with Crippen LogP contribution >= 0.6 is 0 Å². The molecule has 9 nitrogen and oxygen atoms in total. The van der Waals surface area contributed by atoms with Crippen LogP contribution in [-0.4, -0.2) is 59.3 Å². The van der Waals surface area contributed by atoms with Crippen molar-refractivity contribution in [1.29, 1.82) is 0 Å². The van der Waals surface area contributed by atoms with Gasteiger partial charge in [-0.1, -0.05) is 0 Å². The summed E-state index contributed by atoms with van der Waals surface area (Å²) >= 11 is 0. The molecule has 0 radical (unpaired) electrons. The molecule has 1 saturated heterocycles. The van der Waals surface area contributed by atoms with E-state index >= 15 is 0 Å². The standard InChI is InChI=1S/C16H21N5O4S/c1-3-20-10-12(9-18-20)14-11-26(23,24)8-7-21(14)16(22)19-13-5-4-6-17-15(13)25-2/h4-6,9-10,14H,3,7-8,11H2,1-2H3,(H,19,22)/t14-/m1/s1. The Balaban J connectivity index is 1.86. The third-order valence-electron chi connectivity index (χ3n) is 4.26. The minimum Gasteiger partial charge on any atom is -0.480 e. The first kappa shape index (κ1) is 18.2. The summed E-state index contributed by atoms with van der Waals surface area (Å²) in [5.41, 5.74) is 1.12. The molecule has 1 aliphatic heterocycles. The van der Waals surface area contributed by atoms with Crippen molar-refractivity contribution in [3.63, 3.8) is 0 Å². The number of pyridine rings is 1. The first-order chi connectivity index (χ1) is 12.4. The van der Waals surface area contributed by atoms with E-state index in [0.29, 0.717) is 23.7 Å². The van der Waals surface area contributed by atoms with Gasteiger partial charge in [0.05, 0.1) is 30.9 Å². The molecule has 1 fully saturated rings. The summed E-state index contributed by atoms with van der Waals surface area (Å²) in [6.45, 7) is 2.71. The Labute approximate surface area is 151 Å². The Morgan fingerprint density at radius 2 is 2.27 bits per heavy atom. The highest BCUT2D eigenvalue weighted by molar-refractivity contribution is 7.91. The number of hydrogen-bond acceptors (Lipinski definition) is 6. The molecule has 1 aliphatic rings. The summed E-state index contributed by atoms with van der Waals surface area (Å²) in [6.07, 6.45) is 4.94. The number of aryl methyl sites for hydroxylation is 1. The van der Waals surface area contributed by atoms with E-state index in [-0.39, 0.29) is 18.1 Å². The van der Waals surface area contributed by atoms with Gasteiger partial charge >= 0.3 is 6.03 Å². The second-order valence-electron chi connectivity index (χ2n) is 5.94.